The molecule has 2 amide bonds. The highest BCUT2D eigenvalue weighted by Crippen LogP contribution is 2.42. The molecule has 1 N–H and O–H groups in total. The second-order valence-electron chi connectivity index (χ2n) is 7.73. The zero-order chi connectivity index (χ0) is 21.1. The Balaban J connectivity index is 1.51. The fraction of sp³-hybridized carbons (Fsp3) is 0.391. The summed E-state index contributed by atoms with van der Waals surface area (Å²) in [4.78, 5) is 28.8. The molecule has 1 saturated heterocycles. The minimum Gasteiger partial charge on any atom is -0.376 e. The standard InChI is InChI=1S/C23H25FN2O3S/c1-15(22(27)25-13-18-5-4-12-29-18)21-23(28)26(14-16-8-10-17(24)11-9-16)19-6-2-3-7-20(19)30-21/h2-3,6-11,15,18,21H,4-5,12-14H2,1H3,(H,25,27)/t15-,18+,21+/m0/s1. The Kier molecular flexibility index (Phi) is 6.39. The maximum atomic E-state index is 13.4. The zero-order valence-corrected chi connectivity index (χ0v) is 17.7. The number of nitrogens with zero attached hydrogens (tertiary/aromatic N) is 1. The van der Waals surface area contributed by atoms with Crippen molar-refractivity contribution in [3.05, 3.63) is 59.9 Å². The van der Waals surface area contributed by atoms with Crippen molar-refractivity contribution in [2.75, 3.05) is 18.1 Å². The van der Waals surface area contributed by atoms with Crippen LogP contribution in [0, 0.1) is 11.7 Å². The number of hydrogen-bond donors (Lipinski definition) is 1. The first kappa shape index (κ1) is 20.9. The molecule has 158 valence electrons. The number of carbonyl (C=O) groups is 2. The van der Waals surface area contributed by atoms with Gasteiger partial charge in [-0.05, 0) is 42.7 Å². The van der Waals surface area contributed by atoms with E-state index in [0.29, 0.717) is 13.1 Å². The summed E-state index contributed by atoms with van der Waals surface area (Å²) in [5, 5.41) is 2.42. The van der Waals surface area contributed by atoms with E-state index in [4.69, 9.17) is 4.74 Å². The van der Waals surface area contributed by atoms with Crippen LogP contribution in [0.1, 0.15) is 25.3 Å². The molecule has 3 atom stereocenters. The van der Waals surface area contributed by atoms with Crippen molar-refractivity contribution in [3.8, 4) is 0 Å². The molecule has 0 bridgehead atoms. The van der Waals surface area contributed by atoms with Gasteiger partial charge in [-0.1, -0.05) is 31.2 Å². The molecule has 2 aromatic carbocycles. The Morgan fingerprint density at radius 2 is 2.03 bits per heavy atom. The Bertz CT molecular complexity index is 915. The predicted molar refractivity (Wildman–Crippen MR) is 115 cm³/mol. The number of ether oxygens (including phenoxy) is 1. The van der Waals surface area contributed by atoms with Crippen LogP contribution in [0.25, 0.3) is 0 Å². The van der Waals surface area contributed by atoms with E-state index >= 15 is 0 Å². The molecule has 0 aromatic heterocycles. The molecule has 5 nitrogen and oxygen atoms in total. The second-order valence-corrected chi connectivity index (χ2v) is 8.91. The Morgan fingerprint density at radius 1 is 1.27 bits per heavy atom. The number of rotatable bonds is 6. The zero-order valence-electron chi connectivity index (χ0n) is 16.8. The minimum absolute atomic E-state index is 0.0616. The molecule has 2 aromatic rings. The first-order valence-corrected chi connectivity index (χ1v) is 11.1. The van der Waals surface area contributed by atoms with Crippen molar-refractivity contribution in [1.82, 2.24) is 5.32 Å². The number of anilines is 1. The summed E-state index contributed by atoms with van der Waals surface area (Å²) in [7, 11) is 0. The molecular weight excluding hydrogens is 403 g/mol. The first-order chi connectivity index (χ1) is 14.5. The first-order valence-electron chi connectivity index (χ1n) is 10.2. The lowest BCUT2D eigenvalue weighted by Crippen LogP contribution is -2.48. The second kappa shape index (κ2) is 9.18. The van der Waals surface area contributed by atoms with Gasteiger partial charge in [-0.3, -0.25) is 9.59 Å². The molecule has 1 fully saturated rings. The van der Waals surface area contributed by atoms with Gasteiger partial charge in [0.15, 0.2) is 0 Å². The number of benzene rings is 2. The van der Waals surface area contributed by atoms with E-state index in [1.54, 1.807) is 24.0 Å². The van der Waals surface area contributed by atoms with Crippen molar-refractivity contribution >= 4 is 29.3 Å². The van der Waals surface area contributed by atoms with Gasteiger partial charge in [0.25, 0.3) is 0 Å². The number of hydrogen-bond acceptors (Lipinski definition) is 4. The highest BCUT2D eigenvalue weighted by molar-refractivity contribution is 8.01. The van der Waals surface area contributed by atoms with Crippen molar-refractivity contribution in [2.24, 2.45) is 5.92 Å². The van der Waals surface area contributed by atoms with Crippen LogP contribution in [0.2, 0.25) is 0 Å². The molecule has 4 rings (SSSR count). The van der Waals surface area contributed by atoms with Crippen molar-refractivity contribution in [3.63, 3.8) is 0 Å². The summed E-state index contributed by atoms with van der Waals surface area (Å²) in [5.41, 5.74) is 1.65. The summed E-state index contributed by atoms with van der Waals surface area (Å²) < 4.78 is 18.9. The van der Waals surface area contributed by atoms with Crippen LogP contribution in [0.5, 0.6) is 0 Å². The van der Waals surface area contributed by atoms with Crippen LogP contribution in [0.15, 0.2) is 53.4 Å². The normalized spacial score (nSPS) is 21.9. The van der Waals surface area contributed by atoms with Crippen LogP contribution >= 0.6 is 11.8 Å². The van der Waals surface area contributed by atoms with E-state index in [1.165, 1.54) is 23.9 Å². The summed E-state index contributed by atoms with van der Waals surface area (Å²) in [5.74, 6) is -1.05. The lowest BCUT2D eigenvalue weighted by Gasteiger charge is -2.35. The molecule has 7 heteroatoms. The summed E-state index contributed by atoms with van der Waals surface area (Å²) in [6.45, 7) is 3.34. The van der Waals surface area contributed by atoms with Crippen LogP contribution in [-0.2, 0) is 20.9 Å². The maximum absolute atomic E-state index is 13.4. The minimum atomic E-state index is -0.523. The SMILES string of the molecule is C[C@H](C(=O)NC[C@H]1CCCO1)[C@H]1Sc2ccccc2N(Cc2ccc(F)cc2)C1=O. The van der Waals surface area contributed by atoms with Crippen molar-refractivity contribution < 1.29 is 18.7 Å². The molecule has 0 aliphatic carbocycles. The van der Waals surface area contributed by atoms with Gasteiger partial charge in [-0.2, -0.15) is 0 Å². The third kappa shape index (κ3) is 4.52. The topological polar surface area (TPSA) is 58.6 Å². The Hall–Kier alpha value is -2.38. The maximum Gasteiger partial charge on any atom is 0.241 e. The largest absolute Gasteiger partial charge is 0.376 e. The van der Waals surface area contributed by atoms with Gasteiger partial charge in [-0.25, -0.2) is 4.39 Å². The number of halogens is 1. The third-order valence-corrected chi connectivity index (χ3v) is 7.03. The third-order valence-electron chi connectivity index (χ3n) is 5.57. The van der Waals surface area contributed by atoms with Gasteiger partial charge in [-0.15, -0.1) is 11.8 Å². The summed E-state index contributed by atoms with van der Waals surface area (Å²) >= 11 is 1.43. The average Bonchev–Trinajstić information content (AvgIpc) is 3.28. The predicted octanol–water partition coefficient (Wildman–Crippen LogP) is 3.76. The van der Waals surface area contributed by atoms with Crippen LogP contribution in [0.3, 0.4) is 0 Å². The molecule has 30 heavy (non-hydrogen) atoms. The lowest BCUT2D eigenvalue weighted by atomic mass is 10.0. The van der Waals surface area contributed by atoms with Gasteiger partial charge < -0.3 is 15.0 Å². The van der Waals surface area contributed by atoms with E-state index in [-0.39, 0.29) is 23.7 Å². The van der Waals surface area contributed by atoms with Gasteiger partial charge >= 0.3 is 0 Å². The number of carbonyl (C=O) groups excluding carboxylic acids is 2. The van der Waals surface area contributed by atoms with Crippen molar-refractivity contribution in [1.29, 1.82) is 0 Å². The molecule has 2 heterocycles. The molecule has 0 unspecified atom stereocenters. The fourth-order valence-electron chi connectivity index (χ4n) is 3.81. The van der Waals surface area contributed by atoms with E-state index in [9.17, 15) is 14.0 Å². The van der Waals surface area contributed by atoms with E-state index < -0.39 is 11.2 Å². The fourth-order valence-corrected chi connectivity index (χ4v) is 5.09. The number of nitrogens with one attached hydrogen (secondary N) is 1. The molecule has 0 spiro atoms. The number of fused-ring (bicyclic) bond motifs is 1. The molecule has 2 aliphatic rings. The van der Waals surface area contributed by atoms with E-state index in [2.05, 4.69) is 5.32 Å². The lowest BCUT2D eigenvalue weighted by molar-refractivity contribution is -0.128. The van der Waals surface area contributed by atoms with Crippen molar-refractivity contribution in [2.45, 2.75) is 42.6 Å². The highest BCUT2D eigenvalue weighted by Gasteiger charge is 2.39. The number of amides is 2. The number of para-hydroxylation sites is 1. The Labute approximate surface area is 180 Å². The molecule has 2 aliphatic heterocycles. The molecule has 0 saturated carbocycles. The smallest absolute Gasteiger partial charge is 0.241 e. The van der Waals surface area contributed by atoms with E-state index in [0.717, 1.165) is 35.6 Å². The highest BCUT2D eigenvalue weighted by atomic mass is 32.2. The average molecular weight is 429 g/mol. The molecule has 0 radical (unpaired) electrons. The quantitative estimate of drug-likeness (QED) is 0.761. The van der Waals surface area contributed by atoms with Gasteiger partial charge in [0, 0.05) is 18.0 Å². The molecular formula is C23H25FN2O3S. The van der Waals surface area contributed by atoms with Gasteiger partial charge in [0.1, 0.15) is 11.1 Å². The monoisotopic (exact) mass is 428 g/mol. The van der Waals surface area contributed by atoms with Gasteiger partial charge in [0.05, 0.1) is 24.3 Å². The summed E-state index contributed by atoms with van der Waals surface area (Å²) in [6.07, 6.45) is 2.03. The van der Waals surface area contributed by atoms with E-state index in [1.807, 2.05) is 24.3 Å². The Morgan fingerprint density at radius 3 is 2.77 bits per heavy atom. The van der Waals surface area contributed by atoms with Crippen LogP contribution in [-0.4, -0.2) is 36.3 Å². The van der Waals surface area contributed by atoms with Crippen LogP contribution < -0.4 is 10.2 Å². The van der Waals surface area contributed by atoms with Crippen LogP contribution in [0.4, 0.5) is 10.1 Å². The van der Waals surface area contributed by atoms with Gasteiger partial charge in [0.2, 0.25) is 11.8 Å². The summed E-state index contributed by atoms with van der Waals surface area (Å²) in [6, 6.07) is 13.8. The number of thioether (sulfide) groups is 1.